The first-order valence-electron chi connectivity index (χ1n) is 10.5. The maximum absolute atomic E-state index is 12.9. The summed E-state index contributed by atoms with van der Waals surface area (Å²) < 4.78 is 2.02. The SMILES string of the molecule is Cc1nn(CC(C)C)c(C)c1CC(=O)N1CCC(NC(=O)c2ccccc2)CC1. The number of hydrogen-bond donors (Lipinski definition) is 1. The molecule has 1 aromatic carbocycles. The van der Waals surface area contributed by atoms with Gasteiger partial charge in [-0.3, -0.25) is 14.3 Å². The molecule has 3 rings (SSSR count). The van der Waals surface area contributed by atoms with E-state index in [9.17, 15) is 9.59 Å². The predicted octanol–water partition coefficient (Wildman–Crippen LogP) is 3.12. The van der Waals surface area contributed by atoms with E-state index < -0.39 is 0 Å². The molecule has 2 aromatic rings. The lowest BCUT2D eigenvalue weighted by atomic mass is 10.0. The van der Waals surface area contributed by atoms with Crippen molar-refractivity contribution in [2.24, 2.45) is 5.92 Å². The van der Waals surface area contributed by atoms with Crippen LogP contribution in [0, 0.1) is 19.8 Å². The number of benzene rings is 1. The lowest BCUT2D eigenvalue weighted by Gasteiger charge is -2.32. The third-order valence-corrected chi connectivity index (χ3v) is 5.62. The highest BCUT2D eigenvalue weighted by atomic mass is 16.2. The summed E-state index contributed by atoms with van der Waals surface area (Å²) in [5, 5.41) is 7.71. The number of nitrogens with one attached hydrogen (secondary N) is 1. The Morgan fingerprint density at radius 3 is 2.41 bits per heavy atom. The molecule has 0 saturated carbocycles. The monoisotopic (exact) mass is 396 g/mol. The Morgan fingerprint density at radius 1 is 1.14 bits per heavy atom. The number of piperidine rings is 1. The van der Waals surface area contributed by atoms with E-state index in [4.69, 9.17) is 0 Å². The van der Waals surface area contributed by atoms with Gasteiger partial charge in [-0.15, -0.1) is 0 Å². The van der Waals surface area contributed by atoms with Gasteiger partial charge in [-0.1, -0.05) is 32.0 Å². The summed E-state index contributed by atoms with van der Waals surface area (Å²) in [6, 6.07) is 9.38. The summed E-state index contributed by atoms with van der Waals surface area (Å²) in [6.07, 6.45) is 1.97. The van der Waals surface area contributed by atoms with Crippen LogP contribution in [-0.2, 0) is 17.8 Å². The van der Waals surface area contributed by atoms with Crippen molar-refractivity contribution in [3.05, 3.63) is 52.8 Å². The zero-order chi connectivity index (χ0) is 21.0. The van der Waals surface area contributed by atoms with Gasteiger partial charge in [0, 0.05) is 42.5 Å². The van der Waals surface area contributed by atoms with Gasteiger partial charge in [0.25, 0.3) is 5.91 Å². The van der Waals surface area contributed by atoms with Gasteiger partial charge in [0.15, 0.2) is 0 Å². The van der Waals surface area contributed by atoms with Gasteiger partial charge in [0.1, 0.15) is 0 Å². The molecule has 1 N–H and O–H groups in total. The minimum atomic E-state index is -0.0424. The number of carbonyl (C=O) groups excluding carboxylic acids is 2. The third kappa shape index (κ3) is 5.25. The summed E-state index contributed by atoms with van der Waals surface area (Å²) in [4.78, 5) is 27.1. The van der Waals surface area contributed by atoms with Gasteiger partial charge >= 0.3 is 0 Å². The molecule has 2 heterocycles. The van der Waals surface area contributed by atoms with Crippen LogP contribution in [0.4, 0.5) is 0 Å². The molecule has 0 radical (unpaired) electrons. The van der Waals surface area contributed by atoms with E-state index in [1.54, 1.807) is 0 Å². The minimum absolute atomic E-state index is 0.0424. The first-order chi connectivity index (χ1) is 13.8. The van der Waals surface area contributed by atoms with E-state index in [1.165, 1.54) is 0 Å². The second-order valence-corrected chi connectivity index (χ2v) is 8.40. The fraction of sp³-hybridized carbons (Fsp3) is 0.522. The fourth-order valence-electron chi connectivity index (χ4n) is 3.91. The van der Waals surface area contributed by atoms with Crippen molar-refractivity contribution in [2.75, 3.05) is 13.1 Å². The number of likely N-dealkylation sites (tertiary alicyclic amines) is 1. The molecule has 2 amide bonds. The molecule has 0 bridgehead atoms. The van der Waals surface area contributed by atoms with Crippen LogP contribution in [-0.4, -0.2) is 45.6 Å². The van der Waals surface area contributed by atoms with E-state index >= 15 is 0 Å². The smallest absolute Gasteiger partial charge is 0.251 e. The van der Waals surface area contributed by atoms with Crippen LogP contribution in [0.25, 0.3) is 0 Å². The van der Waals surface area contributed by atoms with Crippen molar-refractivity contribution in [3.63, 3.8) is 0 Å². The molecular formula is C23H32N4O2. The number of aromatic nitrogens is 2. The standard InChI is InChI=1S/C23H32N4O2/c1-16(2)15-27-18(4)21(17(3)25-27)14-22(28)26-12-10-20(11-13-26)24-23(29)19-8-6-5-7-9-19/h5-9,16,20H,10-15H2,1-4H3,(H,24,29). The van der Waals surface area contributed by atoms with Crippen LogP contribution in [0.2, 0.25) is 0 Å². The maximum atomic E-state index is 12.9. The molecule has 1 aliphatic rings. The van der Waals surface area contributed by atoms with E-state index in [2.05, 4.69) is 31.2 Å². The van der Waals surface area contributed by atoms with Crippen LogP contribution < -0.4 is 5.32 Å². The Hall–Kier alpha value is -2.63. The average molecular weight is 397 g/mol. The summed E-state index contributed by atoms with van der Waals surface area (Å²) in [5.74, 6) is 0.619. The third-order valence-electron chi connectivity index (χ3n) is 5.62. The zero-order valence-corrected chi connectivity index (χ0v) is 17.9. The van der Waals surface area contributed by atoms with Gasteiger partial charge in [0.2, 0.25) is 5.91 Å². The van der Waals surface area contributed by atoms with E-state index in [1.807, 2.05) is 46.8 Å². The van der Waals surface area contributed by atoms with E-state index in [0.29, 0.717) is 31.0 Å². The summed E-state index contributed by atoms with van der Waals surface area (Å²) in [7, 11) is 0. The molecule has 1 aromatic heterocycles. The number of amides is 2. The number of hydrogen-bond acceptors (Lipinski definition) is 3. The van der Waals surface area contributed by atoms with Crippen LogP contribution >= 0.6 is 0 Å². The van der Waals surface area contributed by atoms with Crippen LogP contribution in [0.5, 0.6) is 0 Å². The topological polar surface area (TPSA) is 67.2 Å². The van der Waals surface area contributed by atoms with Crippen molar-refractivity contribution in [3.8, 4) is 0 Å². The lowest BCUT2D eigenvalue weighted by Crippen LogP contribution is -2.47. The Morgan fingerprint density at radius 2 is 1.79 bits per heavy atom. The molecule has 6 heteroatoms. The molecule has 1 fully saturated rings. The Balaban J connectivity index is 1.53. The molecule has 156 valence electrons. The number of nitrogens with zero attached hydrogens (tertiary/aromatic N) is 3. The van der Waals surface area contributed by atoms with E-state index in [0.717, 1.165) is 36.3 Å². The second-order valence-electron chi connectivity index (χ2n) is 8.40. The molecule has 29 heavy (non-hydrogen) atoms. The van der Waals surface area contributed by atoms with Crippen LogP contribution in [0.1, 0.15) is 54.0 Å². The second kappa shape index (κ2) is 9.25. The molecule has 1 aliphatic heterocycles. The van der Waals surface area contributed by atoms with Crippen molar-refractivity contribution in [1.82, 2.24) is 20.0 Å². The van der Waals surface area contributed by atoms with Crippen LogP contribution in [0.3, 0.4) is 0 Å². The molecule has 0 unspecified atom stereocenters. The van der Waals surface area contributed by atoms with Crippen molar-refractivity contribution < 1.29 is 9.59 Å². The van der Waals surface area contributed by atoms with Gasteiger partial charge in [0.05, 0.1) is 12.1 Å². The largest absolute Gasteiger partial charge is 0.349 e. The predicted molar refractivity (Wildman–Crippen MR) is 114 cm³/mol. The Labute approximate surface area is 173 Å². The molecular weight excluding hydrogens is 364 g/mol. The van der Waals surface area contributed by atoms with Gasteiger partial charge in [-0.2, -0.15) is 5.10 Å². The first-order valence-corrected chi connectivity index (χ1v) is 10.5. The summed E-state index contributed by atoms with van der Waals surface area (Å²) >= 11 is 0. The normalized spacial score (nSPS) is 15.0. The molecule has 0 atom stereocenters. The zero-order valence-electron chi connectivity index (χ0n) is 17.9. The van der Waals surface area contributed by atoms with Gasteiger partial charge in [-0.25, -0.2) is 0 Å². The van der Waals surface area contributed by atoms with Crippen LogP contribution in [0.15, 0.2) is 30.3 Å². The highest BCUT2D eigenvalue weighted by Crippen LogP contribution is 2.18. The van der Waals surface area contributed by atoms with Crippen molar-refractivity contribution in [2.45, 2.75) is 59.5 Å². The maximum Gasteiger partial charge on any atom is 0.251 e. The Bertz CT molecular complexity index is 849. The minimum Gasteiger partial charge on any atom is -0.349 e. The highest BCUT2D eigenvalue weighted by molar-refractivity contribution is 5.94. The fourth-order valence-corrected chi connectivity index (χ4v) is 3.91. The molecule has 0 aliphatic carbocycles. The summed E-state index contributed by atoms with van der Waals surface area (Å²) in [6.45, 7) is 10.6. The number of aryl methyl sites for hydroxylation is 1. The molecule has 0 spiro atoms. The lowest BCUT2D eigenvalue weighted by molar-refractivity contribution is -0.131. The van der Waals surface area contributed by atoms with Crippen molar-refractivity contribution in [1.29, 1.82) is 0 Å². The summed E-state index contributed by atoms with van der Waals surface area (Å²) in [5.41, 5.74) is 3.77. The van der Waals surface area contributed by atoms with E-state index in [-0.39, 0.29) is 17.9 Å². The van der Waals surface area contributed by atoms with Crippen molar-refractivity contribution >= 4 is 11.8 Å². The molecule has 6 nitrogen and oxygen atoms in total. The average Bonchev–Trinajstić information content (AvgIpc) is 2.96. The van der Waals surface area contributed by atoms with Gasteiger partial charge in [-0.05, 0) is 44.7 Å². The number of rotatable bonds is 6. The quantitative estimate of drug-likeness (QED) is 0.816. The van der Waals surface area contributed by atoms with Gasteiger partial charge < -0.3 is 10.2 Å². The molecule has 1 saturated heterocycles. The first kappa shape index (κ1) is 21.1. The highest BCUT2D eigenvalue weighted by Gasteiger charge is 2.25. The number of carbonyl (C=O) groups is 2. The Kier molecular flexibility index (Phi) is 6.72.